The zero-order valence-electron chi connectivity index (χ0n) is 12.6. The largest absolute Gasteiger partial charge is 0.465 e. The highest BCUT2D eigenvalue weighted by Gasteiger charge is 2.47. The number of amides is 4. The standard InChI is InChI=1S/C13H20N4O5.H2O/c18-11(14-8-3-5-15(6-4-8)13(20)21)10-2-1-9-7-16(10)12(19)17(9)22;/h8-10,22H,1-7H2,(H,14,18)(H,20,21);1H2/t9-,10+;/m1./s1. The lowest BCUT2D eigenvalue weighted by atomic mass is 9.99. The first kappa shape index (κ1) is 17.3. The van der Waals surface area contributed by atoms with Crippen molar-refractivity contribution in [2.24, 2.45) is 0 Å². The zero-order valence-corrected chi connectivity index (χ0v) is 12.6. The van der Waals surface area contributed by atoms with Crippen LogP contribution >= 0.6 is 0 Å². The first-order chi connectivity index (χ1) is 10.5. The molecule has 4 amide bonds. The lowest BCUT2D eigenvalue weighted by molar-refractivity contribution is -0.127. The SMILES string of the molecule is O.O=C(NC1CCN(C(=O)O)CC1)[C@@H]1CC[C@@H]2CN1C(=O)N2O. The second-order valence-electron chi connectivity index (χ2n) is 6.08. The predicted molar refractivity (Wildman–Crippen MR) is 76.9 cm³/mol. The summed E-state index contributed by atoms with van der Waals surface area (Å²) in [4.78, 5) is 37.8. The third-order valence-electron chi connectivity index (χ3n) is 4.76. The Bertz CT molecular complexity index is 493. The van der Waals surface area contributed by atoms with Crippen molar-refractivity contribution in [3.8, 4) is 0 Å². The summed E-state index contributed by atoms with van der Waals surface area (Å²) in [5.74, 6) is -0.212. The van der Waals surface area contributed by atoms with Crippen LogP contribution in [0.3, 0.4) is 0 Å². The number of fused-ring (bicyclic) bond motifs is 2. The van der Waals surface area contributed by atoms with Gasteiger partial charge in [0.1, 0.15) is 6.04 Å². The number of carboxylic acid groups (broad SMARTS) is 1. The average Bonchev–Trinajstić information content (AvgIpc) is 2.72. The summed E-state index contributed by atoms with van der Waals surface area (Å²) in [5.41, 5.74) is 0. The number of hydrogen-bond acceptors (Lipinski definition) is 4. The number of carbonyl (C=O) groups is 3. The Kier molecular flexibility index (Phi) is 4.95. The van der Waals surface area contributed by atoms with Crippen LogP contribution in [0.1, 0.15) is 25.7 Å². The number of hydrogen-bond donors (Lipinski definition) is 3. The maximum absolute atomic E-state index is 12.4. The summed E-state index contributed by atoms with van der Waals surface area (Å²) < 4.78 is 0. The van der Waals surface area contributed by atoms with E-state index in [1.807, 2.05) is 0 Å². The third kappa shape index (κ3) is 3.17. The van der Waals surface area contributed by atoms with Crippen molar-refractivity contribution >= 4 is 18.0 Å². The molecule has 5 N–H and O–H groups in total. The number of carbonyl (C=O) groups excluding carboxylic acids is 2. The molecule has 3 aliphatic heterocycles. The van der Waals surface area contributed by atoms with Gasteiger partial charge < -0.3 is 25.7 Å². The Morgan fingerprint density at radius 1 is 1.13 bits per heavy atom. The van der Waals surface area contributed by atoms with E-state index in [1.54, 1.807) is 0 Å². The van der Waals surface area contributed by atoms with Crippen LogP contribution in [0.2, 0.25) is 0 Å². The van der Waals surface area contributed by atoms with Crippen molar-refractivity contribution in [1.29, 1.82) is 0 Å². The Morgan fingerprint density at radius 3 is 2.39 bits per heavy atom. The molecule has 3 fully saturated rings. The Morgan fingerprint density at radius 2 is 1.78 bits per heavy atom. The molecule has 2 atom stereocenters. The van der Waals surface area contributed by atoms with Gasteiger partial charge in [-0.25, -0.2) is 14.7 Å². The smallest absolute Gasteiger partial charge is 0.407 e. The zero-order chi connectivity index (χ0) is 15.9. The van der Waals surface area contributed by atoms with E-state index in [1.165, 1.54) is 9.80 Å². The highest BCUT2D eigenvalue weighted by atomic mass is 16.5. The highest BCUT2D eigenvalue weighted by Crippen LogP contribution is 2.28. The summed E-state index contributed by atoms with van der Waals surface area (Å²) in [6.07, 6.45) is 1.36. The number of piperidine rings is 2. The molecule has 0 unspecified atom stereocenters. The van der Waals surface area contributed by atoms with Crippen LogP contribution < -0.4 is 5.32 Å². The Hall–Kier alpha value is -2.07. The first-order valence-electron chi connectivity index (χ1n) is 7.54. The van der Waals surface area contributed by atoms with Crippen LogP contribution in [0.25, 0.3) is 0 Å². The molecule has 3 saturated heterocycles. The molecule has 130 valence electrons. The molecule has 23 heavy (non-hydrogen) atoms. The molecule has 3 aliphatic rings. The number of urea groups is 1. The normalized spacial score (nSPS) is 27.7. The molecule has 10 heteroatoms. The Balaban J connectivity index is 0.00000192. The molecule has 2 bridgehead atoms. The molecule has 0 aliphatic carbocycles. The molecule has 0 aromatic heterocycles. The van der Waals surface area contributed by atoms with Crippen molar-refractivity contribution in [3.63, 3.8) is 0 Å². The number of nitrogens with zero attached hydrogens (tertiary/aromatic N) is 3. The van der Waals surface area contributed by atoms with E-state index in [0.29, 0.717) is 45.3 Å². The molecule has 0 saturated carbocycles. The van der Waals surface area contributed by atoms with Gasteiger partial charge in [0.05, 0.1) is 6.04 Å². The van der Waals surface area contributed by atoms with Gasteiger partial charge >= 0.3 is 12.1 Å². The number of hydroxylamine groups is 2. The lowest BCUT2D eigenvalue weighted by Gasteiger charge is -2.34. The van der Waals surface area contributed by atoms with Gasteiger partial charge in [-0.15, -0.1) is 0 Å². The van der Waals surface area contributed by atoms with Crippen LogP contribution in [0.15, 0.2) is 0 Å². The van der Waals surface area contributed by atoms with E-state index in [4.69, 9.17) is 5.11 Å². The maximum atomic E-state index is 12.4. The van der Waals surface area contributed by atoms with Crippen molar-refractivity contribution in [1.82, 2.24) is 20.2 Å². The van der Waals surface area contributed by atoms with E-state index < -0.39 is 18.2 Å². The van der Waals surface area contributed by atoms with Crippen molar-refractivity contribution in [2.45, 2.75) is 43.8 Å². The van der Waals surface area contributed by atoms with E-state index in [2.05, 4.69) is 5.32 Å². The maximum Gasteiger partial charge on any atom is 0.407 e. The highest BCUT2D eigenvalue weighted by molar-refractivity contribution is 5.88. The molecule has 0 radical (unpaired) electrons. The van der Waals surface area contributed by atoms with Crippen LogP contribution in [0.5, 0.6) is 0 Å². The fourth-order valence-corrected chi connectivity index (χ4v) is 3.44. The first-order valence-corrected chi connectivity index (χ1v) is 7.54. The molecule has 3 heterocycles. The van der Waals surface area contributed by atoms with Crippen LogP contribution in [0.4, 0.5) is 9.59 Å². The van der Waals surface area contributed by atoms with Gasteiger partial charge in [0.2, 0.25) is 5.91 Å². The summed E-state index contributed by atoms with van der Waals surface area (Å²) in [7, 11) is 0. The van der Waals surface area contributed by atoms with E-state index in [-0.39, 0.29) is 23.5 Å². The summed E-state index contributed by atoms with van der Waals surface area (Å²) in [6, 6.07) is -1.33. The Labute approximate surface area is 132 Å². The minimum Gasteiger partial charge on any atom is -0.465 e. The topological polar surface area (TPSA) is 145 Å². The molecular formula is C13H22N4O6. The number of nitrogens with one attached hydrogen (secondary N) is 1. The monoisotopic (exact) mass is 330 g/mol. The van der Waals surface area contributed by atoms with Gasteiger partial charge in [-0.3, -0.25) is 10.0 Å². The van der Waals surface area contributed by atoms with E-state index >= 15 is 0 Å². The summed E-state index contributed by atoms with van der Waals surface area (Å²) in [6.45, 7) is 1.19. The van der Waals surface area contributed by atoms with Gasteiger partial charge in [-0.2, -0.15) is 0 Å². The summed E-state index contributed by atoms with van der Waals surface area (Å²) in [5, 5.41) is 22.2. The molecular weight excluding hydrogens is 308 g/mol. The second-order valence-corrected chi connectivity index (χ2v) is 6.08. The average molecular weight is 330 g/mol. The quantitative estimate of drug-likeness (QED) is 0.561. The van der Waals surface area contributed by atoms with Crippen molar-refractivity contribution < 1.29 is 30.2 Å². The van der Waals surface area contributed by atoms with Gasteiger partial charge in [-0.05, 0) is 25.7 Å². The molecule has 10 nitrogen and oxygen atoms in total. The summed E-state index contributed by atoms with van der Waals surface area (Å²) >= 11 is 0. The fourth-order valence-electron chi connectivity index (χ4n) is 3.44. The van der Waals surface area contributed by atoms with Gasteiger partial charge in [0.25, 0.3) is 0 Å². The van der Waals surface area contributed by atoms with Crippen LogP contribution in [-0.2, 0) is 4.79 Å². The minimum atomic E-state index is -0.936. The van der Waals surface area contributed by atoms with Gasteiger partial charge in [-0.1, -0.05) is 0 Å². The van der Waals surface area contributed by atoms with Gasteiger partial charge in [0, 0.05) is 25.7 Å². The lowest BCUT2D eigenvalue weighted by Crippen LogP contribution is -2.54. The number of rotatable bonds is 2. The number of likely N-dealkylation sites (tertiary alicyclic amines) is 1. The minimum absolute atomic E-state index is 0. The van der Waals surface area contributed by atoms with Crippen molar-refractivity contribution in [3.05, 3.63) is 0 Å². The van der Waals surface area contributed by atoms with E-state index in [9.17, 15) is 19.6 Å². The van der Waals surface area contributed by atoms with Crippen LogP contribution in [-0.4, -0.2) is 86.4 Å². The molecule has 3 rings (SSSR count). The fraction of sp³-hybridized carbons (Fsp3) is 0.769. The molecule has 0 aromatic carbocycles. The third-order valence-corrected chi connectivity index (χ3v) is 4.76. The van der Waals surface area contributed by atoms with Crippen molar-refractivity contribution in [2.75, 3.05) is 19.6 Å². The second kappa shape index (κ2) is 6.59. The molecule has 0 spiro atoms. The van der Waals surface area contributed by atoms with E-state index in [0.717, 1.165) is 5.06 Å². The van der Waals surface area contributed by atoms with Crippen LogP contribution in [0, 0.1) is 0 Å². The predicted octanol–water partition coefficient (Wildman–Crippen LogP) is -0.922. The molecule has 0 aromatic rings. The van der Waals surface area contributed by atoms with Gasteiger partial charge in [0.15, 0.2) is 0 Å².